The minimum atomic E-state index is -3.10. The Bertz CT molecular complexity index is 2650. The molecule has 0 radical (unpaired) electrons. The average molecular weight is 1660 g/mol. The highest BCUT2D eigenvalue weighted by atomic mass is 16.8. The molecule has 34 nitrogen and oxygen atoms in total. The summed E-state index contributed by atoms with van der Waals surface area (Å²) >= 11 is 0. The number of ether oxygens (including phenoxy) is 10. The molecule has 5 rings (SSSR count). The van der Waals surface area contributed by atoms with Crippen LogP contribution in [0.3, 0.4) is 0 Å². The van der Waals surface area contributed by atoms with Gasteiger partial charge in [0.2, 0.25) is 17.7 Å². The zero-order chi connectivity index (χ0) is 84.4. The number of aliphatic carboxylic acids is 1. The van der Waals surface area contributed by atoms with Gasteiger partial charge in [-0.2, -0.15) is 0 Å². The summed E-state index contributed by atoms with van der Waals surface area (Å²) in [7, 11) is 0. The van der Waals surface area contributed by atoms with Crippen molar-refractivity contribution in [2.45, 2.75) is 436 Å². The lowest BCUT2D eigenvalue weighted by atomic mass is 9.88. The molecule has 0 aromatic heterocycles. The maximum atomic E-state index is 13.6. The van der Waals surface area contributed by atoms with Gasteiger partial charge in [-0.05, 0) is 19.3 Å². The summed E-state index contributed by atoms with van der Waals surface area (Å²) in [6, 6.07) is -4.70. The minimum absolute atomic E-state index is 0.159. The van der Waals surface area contributed by atoms with E-state index in [0.717, 1.165) is 65.2 Å². The summed E-state index contributed by atoms with van der Waals surface area (Å²) in [5.41, 5.74) is 0. The molecule has 5 aliphatic heterocycles. The number of hydrogen-bond donors (Lipinski definition) is 20. The zero-order valence-corrected chi connectivity index (χ0v) is 68.5. The number of rotatable bonds is 60. The number of aliphatic hydroxyl groups is 16. The Morgan fingerprint density at radius 2 is 0.878 bits per heavy atom. The van der Waals surface area contributed by atoms with E-state index in [1.807, 2.05) is 6.08 Å². The number of unbranched alkanes of at least 4 members (excludes halogenated alkanes) is 33. The van der Waals surface area contributed by atoms with Crippen LogP contribution in [0.25, 0.3) is 0 Å². The first-order valence-electron chi connectivity index (χ1n) is 43.1. The second kappa shape index (κ2) is 56.3. The Hall–Kier alpha value is -3.42. The number of hydrogen-bond acceptors (Lipinski definition) is 30. The van der Waals surface area contributed by atoms with E-state index in [-0.39, 0.29) is 12.3 Å². The van der Waals surface area contributed by atoms with E-state index in [2.05, 4.69) is 29.8 Å². The third-order valence-corrected chi connectivity index (χ3v) is 22.6. The molecular formula is C81H147N3O31. The number of carboxylic acids is 1. The summed E-state index contributed by atoms with van der Waals surface area (Å²) in [6.07, 6.45) is -3.93. The van der Waals surface area contributed by atoms with Crippen molar-refractivity contribution >= 4 is 23.7 Å². The summed E-state index contributed by atoms with van der Waals surface area (Å²) in [4.78, 5) is 52.3. The van der Waals surface area contributed by atoms with Crippen molar-refractivity contribution in [2.75, 3.05) is 39.6 Å². The molecule has 5 fully saturated rings. The summed E-state index contributed by atoms with van der Waals surface area (Å²) in [5, 5.41) is 196. The molecule has 0 aromatic rings. The van der Waals surface area contributed by atoms with Crippen molar-refractivity contribution in [3.8, 4) is 0 Å². The Labute approximate surface area is 678 Å². The average Bonchev–Trinajstić information content (AvgIpc) is 0.764. The van der Waals surface area contributed by atoms with Crippen LogP contribution in [0.2, 0.25) is 0 Å². The van der Waals surface area contributed by atoms with Crippen LogP contribution < -0.4 is 16.0 Å². The second-order valence-electron chi connectivity index (χ2n) is 32.1. The maximum absolute atomic E-state index is 13.6. The van der Waals surface area contributed by atoms with Crippen LogP contribution in [0, 0.1) is 0 Å². The lowest BCUT2D eigenvalue weighted by Crippen LogP contribution is -2.71. The molecule has 5 saturated heterocycles. The number of carbonyl (C=O) groups excluding carboxylic acids is 3. The first-order valence-corrected chi connectivity index (χ1v) is 43.1. The van der Waals surface area contributed by atoms with Crippen LogP contribution >= 0.6 is 0 Å². The van der Waals surface area contributed by atoms with Crippen LogP contribution in [0.1, 0.15) is 265 Å². The molecule has 28 atom stereocenters. The van der Waals surface area contributed by atoms with Gasteiger partial charge in [0, 0.05) is 26.7 Å². The van der Waals surface area contributed by atoms with Gasteiger partial charge in [0.15, 0.2) is 25.2 Å². The van der Waals surface area contributed by atoms with E-state index in [1.165, 1.54) is 161 Å². The Kier molecular flexibility index (Phi) is 50.0. The number of aliphatic hydroxyl groups excluding tert-OH is 16. The summed E-state index contributed by atoms with van der Waals surface area (Å²) in [5.74, 6) is -7.23. The fourth-order valence-electron chi connectivity index (χ4n) is 15.6. The van der Waals surface area contributed by atoms with Crippen molar-refractivity contribution in [3.05, 3.63) is 12.2 Å². The topological polar surface area (TPSA) is 541 Å². The SMILES string of the molecule is CCCCCCCCCCCCC/C=C/[C@@H](O)[C@H](CO[C@@H]1OC(CO)[C@@H](O[C@@H]2OC(CO)[C@H](O)[C@H](O[C@@H]3OC(CO[C@]4(C(=O)O)CC(O)[C@@H](NC(C)=O)C([C@H](O)[C@H](O)CO)O4)[C@@H](O)[C@H](O[C@@H]4OC(CO)[C@H](O)[C@H](O)C4O)C3NC(C)=O)C2O)[C@H](O)C1O)NC(=O)CCCCCCCCCCCCCCCCCCCCCCCCC. The summed E-state index contributed by atoms with van der Waals surface area (Å²) < 4.78 is 59.4. The molecule has 0 spiro atoms. The quantitative estimate of drug-likeness (QED) is 0.0306. The van der Waals surface area contributed by atoms with Crippen molar-refractivity contribution in [3.63, 3.8) is 0 Å². The minimum Gasteiger partial charge on any atom is -0.477 e. The Morgan fingerprint density at radius 3 is 1.36 bits per heavy atom. The van der Waals surface area contributed by atoms with Gasteiger partial charge in [0.1, 0.15) is 116 Å². The van der Waals surface area contributed by atoms with Crippen molar-refractivity contribution in [1.82, 2.24) is 16.0 Å². The maximum Gasteiger partial charge on any atom is 0.364 e. The highest BCUT2D eigenvalue weighted by Gasteiger charge is 2.60. The monoisotopic (exact) mass is 1660 g/mol. The second-order valence-corrected chi connectivity index (χ2v) is 32.1. The van der Waals surface area contributed by atoms with Crippen LogP contribution in [-0.2, 0) is 66.5 Å². The molecule has 5 heterocycles. The number of carbonyl (C=O) groups is 4. The van der Waals surface area contributed by atoms with Gasteiger partial charge in [-0.15, -0.1) is 0 Å². The Balaban J connectivity index is 1.26. The van der Waals surface area contributed by atoms with Crippen LogP contribution in [0.15, 0.2) is 12.2 Å². The van der Waals surface area contributed by atoms with Gasteiger partial charge in [-0.3, -0.25) is 14.4 Å². The van der Waals surface area contributed by atoms with Gasteiger partial charge in [0.05, 0.1) is 63.9 Å². The molecule has 5 aliphatic rings. The molecule has 0 saturated carbocycles. The van der Waals surface area contributed by atoms with E-state index in [0.29, 0.717) is 12.8 Å². The van der Waals surface area contributed by atoms with Crippen molar-refractivity contribution in [1.29, 1.82) is 0 Å². The predicted octanol–water partition coefficient (Wildman–Crippen LogP) is 2.08. The van der Waals surface area contributed by atoms with Gasteiger partial charge in [-0.25, -0.2) is 4.79 Å². The fraction of sp³-hybridized carbons (Fsp3) is 0.926. The van der Waals surface area contributed by atoms with Crippen LogP contribution in [0.4, 0.5) is 0 Å². The van der Waals surface area contributed by atoms with E-state index < -0.39 is 235 Å². The lowest BCUT2D eigenvalue weighted by Gasteiger charge is -2.51. The molecule has 672 valence electrons. The number of nitrogens with one attached hydrogen (secondary N) is 3. The van der Waals surface area contributed by atoms with Crippen LogP contribution in [-0.4, -0.2) is 321 Å². The predicted molar refractivity (Wildman–Crippen MR) is 415 cm³/mol. The Morgan fingerprint density at radius 1 is 0.461 bits per heavy atom. The van der Waals surface area contributed by atoms with Gasteiger partial charge < -0.3 is 150 Å². The molecule has 3 amide bonds. The zero-order valence-electron chi connectivity index (χ0n) is 68.5. The molecule has 115 heavy (non-hydrogen) atoms. The molecular weight excluding hydrogens is 1510 g/mol. The molecule has 0 bridgehead atoms. The van der Waals surface area contributed by atoms with Gasteiger partial charge in [-0.1, -0.05) is 231 Å². The number of carboxylic acid groups (broad SMARTS) is 1. The lowest BCUT2D eigenvalue weighted by molar-refractivity contribution is -0.384. The van der Waals surface area contributed by atoms with Crippen molar-refractivity contribution in [2.24, 2.45) is 0 Å². The number of allylic oxidation sites excluding steroid dienone is 1. The van der Waals surface area contributed by atoms with E-state index >= 15 is 0 Å². The largest absolute Gasteiger partial charge is 0.477 e. The van der Waals surface area contributed by atoms with Crippen LogP contribution in [0.5, 0.6) is 0 Å². The third kappa shape index (κ3) is 34.1. The molecule has 0 aliphatic carbocycles. The summed E-state index contributed by atoms with van der Waals surface area (Å²) in [6.45, 7) is 0.575. The number of amides is 3. The molecule has 34 heteroatoms. The fourth-order valence-corrected chi connectivity index (χ4v) is 15.6. The van der Waals surface area contributed by atoms with E-state index in [1.54, 1.807) is 6.08 Å². The van der Waals surface area contributed by atoms with Crippen molar-refractivity contribution < 1.29 is 153 Å². The smallest absolute Gasteiger partial charge is 0.364 e. The normalized spacial score (nSPS) is 33.0. The first kappa shape index (κ1) is 102. The molecule has 20 N–H and O–H groups in total. The van der Waals surface area contributed by atoms with E-state index in [9.17, 15) is 106 Å². The third-order valence-electron chi connectivity index (χ3n) is 22.6. The molecule has 0 aromatic carbocycles. The highest BCUT2D eigenvalue weighted by molar-refractivity contribution is 5.77. The van der Waals surface area contributed by atoms with Gasteiger partial charge in [0.25, 0.3) is 5.79 Å². The van der Waals surface area contributed by atoms with E-state index in [4.69, 9.17) is 47.4 Å². The van der Waals surface area contributed by atoms with Gasteiger partial charge >= 0.3 is 5.97 Å². The first-order chi connectivity index (χ1) is 55.2. The molecule has 10 unspecified atom stereocenters. The highest BCUT2D eigenvalue weighted by Crippen LogP contribution is 2.39. The standard InChI is InChI=1S/C81H147N3O31/c1-5-7-9-11-13-15-17-19-20-21-22-23-24-25-26-27-28-30-32-34-36-38-40-42-60(94)84-52(53(91)41-39-37-35-33-31-29-18-16-14-12-10-8-6-2)48-106-77-70(102)68(100)72(58(47-88)110-77)112-79-71(103)75(65(97)57(46-87)109-79)114-76-62(83-51(4)90)73(113-78-69(101)67(99)64(96)56(45-86)108-78)66(98)59(111-76)49-107-81(80(104)105)43-54(92)61(82-50(3)89)74(115-81)63(95)55(93)44-85/h39,41,52-59,61-79,85-88,91-93,95-103H,5-38,40,42-49H2,1-4H3,(H,82,89)(H,83,90)(H,84,94)(H,104,105)/b41-39+/t52-,53+,54?,55+,56?,57?,58?,59?,61+,62?,63+,64-,65-,66+,67-,68+,69?,70?,71?,72+,73+,74?,75-,76-,77+,78-,79-,81+/m0/s1.